The van der Waals surface area contributed by atoms with Crippen LogP contribution in [0.3, 0.4) is 0 Å². The van der Waals surface area contributed by atoms with Gasteiger partial charge in [-0.2, -0.15) is 0 Å². The molecule has 1 aromatic heterocycles. The molecule has 0 spiro atoms. The van der Waals surface area contributed by atoms with E-state index in [0.29, 0.717) is 49.3 Å². The molecule has 1 fully saturated rings. The number of piperazine rings is 1. The smallest absolute Gasteiger partial charge is 0.409 e. The molecule has 7 nitrogen and oxygen atoms in total. The molecule has 1 aliphatic heterocycles. The lowest BCUT2D eigenvalue weighted by atomic mass is 10.3. The molecule has 0 atom stereocenters. The molecule has 2 aromatic rings. The Kier molecular flexibility index (Phi) is 6.52. The number of carbonyl (C=O) groups excluding carboxylic acids is 2. The molecule has 0 radical (unpaired) electrons. The maximum atomic E-state index is 12.6. The second-order valence-corrected chi connectivity index (χ2v) is 7.23. The van der Waals surface area contributed by atoms with E-state index in [1.54, 1.807) is 46.4 Å². The van der Waals surface area contributed by atoms with Crippen LogP contribution in [0.4, 0.5) is 4.79 Å². The van der Waals surface area contributed by atoms with Crippen molar-refractivity contribution in [3.63, 3.8) is 0 Å². The van der Waals surface area contributed by atoms with E-state index in [1.165, 1.54) is 11.3 Å². The third-order valence-electron chi connectivity index (χ3n) is 4.04. The zero-order valence-corrected chi connectivity index (χ0v) is 16.5. The summed E-state index contributed by atoms with van der Waals surface area (Å²) in [5, 5.41) is 3.10. The SMILES string of the molecule is CCOC(=O)N1CCN(C(=O)c2csc(COc3ccc(Cl)cc3)n2)CC1. The van der Waals surface area contributed by atoms with Gasteiger partial charge in [-0.05, 0) is 31.2 Å². The fraction of sp³-hybridized carbons (Fsp3) is 0.389. The minimum absolute atomic E-state index is 0.132. The van der Waals surface area contributed by atoms with Crippen molar-refractivity contribution in [1.29, 1.82) is 0 Å². The van der Waals surface area contributed by atoms with Gasteiger partial charge >= 0.3 is 6.09 Å². The first-order chi connectivity index (χ1) is 13.1. The largest absolute Gasteiger partial charge is 0.486 e. The van der Waals surface area contributed by atoms with E-state index in [9.17, 15) is 9.59 Å². The zero-order chi connectivity index (χ0) is 19.2. The third kappa shape index (κ3) is 5.11. The van der Waals surface area contributed by atoms with E-state index >= 15 is 0 Å². The van der Waals surface area contributed by atoms with Crippen LogP contribution in [0.25, 0.3) is 0 Å². The third-order valence-corrected chi connectivity index (χ3v) is 5.11. The van der Waals surface area contributed by atoms with Crippen molar-refractivity contribution in [1.82, 2.24) is 14.8 Å². The zero-order valence-electron chi connectivity index (χ0n) is 14.9. The van der Waals surface area contributed by atoms with Crippen molar-refractivity contribution in [2.45, 2.75) is 13.5 Å². The van der Waals surface area contributed by atoms with Crippen LogP contribution in [0.15, 0.2) is 29.6 Å². The Hall–Kier alpha value is -2.32. The Balaban J connectivity index is 1.51. The Labute approximate surface area is 166 Å². The quantitative estimate of drug-likeness (QED) is 0.757. The van der Waals surface area contributed by atoms with Crippen molar-refractivity contribution in [2.24, 2.45) is 0 Å². The van der Waals surface area contributed by atoms with Crippen LogP contribution in [0.1, 0.15) is 22.4 Å². The molecule has 0 saturated carbocycles. The highest BCUT2D eigenvalue weighted by atomic mass is 35.5. The van der Waals surface area contributed by atoms with Crippen molar-refractivity contribution >= 4 is 34.9 Å². The molecule has 1 aliphatic rings. The van der Waals surface area contributed by atoms with Gasteiger partial charge in [-0.25, -0.2) is 9.78 Å². The summed E-state index contributed by atoms with van der Waals surface area (Å²) in [5.74, 6) is 0.560. The van der Waals surface area contributed by atoms with Gasteiger partial charge in [-0.3, -0.25) is 4.79 Å². The first-order valence-electron chi connectivity index (χ1n) is 8.60. The second kappa shape index (κ2) is 9.05. The fourth-order valence-electron chi connectivity index (χ4n) is 2.62. The van der Waals surface area contributed by atoms with Gasteiger partial charge in [0.05, 0.1) is 6.61 Å². The minimum atomic E-state index is -0.333. The van der Waals surface area contributed by atoms with E-state index in [1.807, 2.05) is 0 Å². The number of aromatic nitrogens is 1. The Morgan fingerprint density at radius 3 is 2.48 bits per heavy atom. The number of benzene rings is 1. The lowest BCUT2D eigenvalue weighted by molar-refractivity contribution is 0.0566. The summed E-state index contributed by atoms with van der Waals surface area (Å²) >= 11 is 7.23. The number of carbonyl (C=O) groups is 2. The molecule has 2 heterocycles. The monoisotopic (exact) mass is 409 g/mol. The number of halogens is 1. The number of amides is 2. The molecule has 0 bridgehead atoms. The lowest BCUT2D eigenvalue weighted by Gasteiger charge is -2.33. The van der Waals surface area contributed by atoms with E-state index in [2.05, 4.69) is 4.98 Å². The molecule has 9 heteroatoms. The maximum absolute atomic E-state index is 12.6. The minimum Gasteiger partial charge on any atom is -0.486 e. The number of hydrogen-bond acceptors (Lipinski definition) is 6. The average Bonchev–Trinajstić information content (AvgIpc) is 3.16. The van der Waals surface area contributed by atoms with Gasteiger partial charge in [0.25, 0.3) is 5.91 Å². The fourth-order valence-corrected chi connectivity index (χ4v) is 3.43. The molecule has 0 N–H and O–H groups in total. The van der Waals surface area contributed by atoms with E-state index in [-0.39, 0.29) is 18.6 Å². The topological polar surface area (TPSA) is 72.0 Å². The molecule has 2 amide bonds. The van der Waals surface area contributed by atoms with Crippen LogP contribution >= 0.6 is 22.9 Å². The van der Waals surface area contributed by atoms with Gasteiger partial charge in [-0.1, -0.05) is 11.6 Å². The Morgan fingerprint density at radius 2 is 1.81 bits per heavy atom. The summed E-state index contributed by atoms with van der Waals surface area (Å²) in [6, 6.07) is 7.07. The summed E-state index contributed by atoms with van der Waals surface area (Å²) < 4.78 is 10.6. The van der Waals surface area contributed by atoms with Gasteiger partial charge < -0.3 is 19.3 Å². The summed E-state index contributed by atoms with van der Waals surface area (Å²) in [7, 11) is 0. The van der Waals surface area contributed by atoms with Gasteiger partial charge in [0, 0.05) is 36.6 Å². The summed E-state index contributed by atoms with van der Waals surface area (Å²) in [4.78, 5) is 32.0. The maximum Gasteiger partial charge on any atom is 0.409 e. The average molecular weight is 410 g/mol. The van der Waals surface area contributed by atoms with E-state index in [4.69, 9.17) is 21.1 Å². The number of ether oxygens (including phenoxy) is 2. The number of thiazole rings is 1. The van der Waals surface area contributed by atoms with Crippen molar-refractivity contribution in [3.8, 4) is 5.75 Å². The molecule has 3 rings (SSSR count). The first-order valence-corrected chi connectivity index (χ1v) is 9.86. The van der Waals surface area contributed by atoms with Gasteiger partial charge in [0.1, 0.15) is 23.1 Å². The molecule has 144 valence electrons. The Morgan fingerprint density at radius 1 is 1.15 bits per heavy atom. The second-order valence-electron chi connectivity index (χ2n) is 5.85. The highest BCUT2D eigenvalue weighted by Gasteiger charge is 2.26. The Bertz CT molecular complexity index is 788. The first kappa shape index (κ1) is 19.4. The molecule has 0 aliphatic carbocycles. The summed E-state index contributed by atoms with van der Waals surface area (Å²) in [6.45, 7) is 4.25. The number of nitrogens with zero attached hydrogens (tertiary/aromatic N) is 3. The van der Waals surface area contributed by atoms with Gasteiger partial charge in [0.2, 0.25) is 0 Å². The van der Waals surface area contributed by atoms with Crippen LogP contribution in [-0.2, 0) is 11.3 Å². The number of rotatable bonds is 5. The van der Waals surface area contributed by atoms with Gasteiger partial charge in [0.15, 0.2) is 0 Å². The van der Waals surface area contributed by atoms with Crippen molar-refractivity contribution < 1.29 is 19.1 Å². The highest BCUT2D eigenvalue weighted by molar-refractivity contribution is 7.09. The van der Waals surface area contributed by atoms with E-state index in [0.717, 1.165) is 5.01 Å². The van der Waals surface area contributed by atoms with E-state index < -0.39 is 0 Å². The lowest BCUT2D eigenvalue weighted by Crippen LogP contribution is -2.50. The molecule has 27 heavy (non-hydrogen) atoms. The molecular formula is C18H20ClN3O4S. The predicted octanol–water partition coefficient (Wildman–Crippen LogP) is 3.29. The molecule has 0 unspecified atom stereocenters. The molecule has 1 saturated heterocycles. The van der Waals surface area contributed by atoms with Crippen LogP contribution in [0, 0.1) is 0 Å². The highest BCUT2D eigenvalue weighted by Crippen LogP contribution is 2.19. The standard InChI is InChI=1S/C18H20ClN3O4S/c1-2-25-18(24)22-9-7-21(8-10-22)17(23)15-12-27-16(20-15)11-26-14-5-3-13(19)4-6-14/h3-6,12H,2,7-11H2,1H3. The molecule has 1 aromatic carbocycles. The molecular weight excluding hydrogens is 390 g/mol. The van der Waals surface area contributed by atoms with Crippen LogP contribution < -0.4 is 4.74 Å². The number of hydrogen-bond donors (Lipinski definition) is 0. The van der Waals surface area contributed by atoms with Crippen molar-refractivity contribution in [2.75, 3.05) is 32.8 Å². The van der Waals surface area contributed by atoms with Crippen LogP contribution in [0.2, 0.25) is 5.02 Å². The van der Waals surface area contributed by atoms with Crippen LogP contribution in [0.5, 0.6) is 5.75 Å². The van der Waals surface area contributed by atoms with Crippen molar-refractivity contribution in [3.05, 3.63) is 45.4 Å². The summed E-state index contributed by atoms with van der Waals surface area (Å²) in [5.41, 5.74) is 0.402. The van der Waals surface area contributed by atoms with Crippen LogP contribution in [-0.4, -0.2) is 59.6 Å². The summed E-state index contributed by atoms with van der Waals surface area (Å²) in [6.07, 6.45) is -0.333. The predicted molar refractivity (Wildman–Crippen MR) is 102 cm³/mol. The van der Waals surface area contributed by atoms with Gasteiger partial charge in [-0.15, -0.1) is 11.3 Å². The normalized spacial score (nSPS) is 14.1.